The van der Waals surface area contributed by atoms with Gasteiger partial charge in [-0.15, -0.1) is 0 Å². The van der Waals surface area contributed by atoms with Gasteiger partial charge in [-0.2, -0.15) is 0 Å². The van der Waals surface area contributed by atoms with E-state index in [1.54, 1.807) is 24.3 Å². The maximum atomic E-state index is 13.2. The van der Waals surface area contributed by atoms with E-state index in [-0.39, 0.29) is 12.1 Å². The van der Waals surface area contributed by atoms with Gasteiger partial charge in [0.15, 0.2) is 6.61 Å². The Morgan fingerprint density at radius 3 is 2.63 bits per heavy atom. The van der Waals surface area contributed by atoms with Gasteiger partial charge < -0.3 is 15.0 Å². The second-order valence-electron chi connectivity index (χ2n) is 5.48. The van der Waals surface area contributed by atoms with Gasteiger partial charge in [-0.3, -0.25) is 9.59 Å². The molecule has 0 bridgehead atoms. The molecule has 0 unspecified atom stereocenters. The Morgan fingerprint density at radius 1 is 1.22 bits per heavy atom. The highest BCUT2D eigenvalue weighted by Gasteiger charge is 2.18. The highest BCUT2D eigenvalue weighted by atomic mass is 79.9. The van der Waals surface area contributed by atoms with E-state index < -0.39 is 30.2 Å². The first-order valence-corrected chi connectivity index (χ1v) is 8.85. The van der Waals surface area contributed by atoms with E-state index in [9.17, 15) is 18.8 Å². The smallest absolute Gasteiger partial charge is 0.339 e. The molecule has 0 aliphatic heterocycles. The summed E-state index contributed by atoms with van der Waals surface area (Å²) >= 11 is 9.06. The monoisotopic (exact) mass is 456 g/mol. The van der Waals surface area contributed by atoms with E-state index in [0.29, 0.717) is 15.2 Å². The number of benzene rings is 2. The average Bonchev–Trinajstić information content (AvgIpc) is 2.63. The fraction of sp³-hybridized carbons (Fsp3) is 0.167. The molecule has 0 fully saturated rings. The molecule has 0 atom stereocenters. The molecule has 142 valence electrons. The van der Waals surface area contributed by atoms with Crippen molar-refractivity contribution in [2.75, 3.05) is 25.5 Å². The Bertz CT molecular complexity index is 878. The van der Waals surface area contributed by atoms with Crippen molar-refractivity contribution < 1.29 is 23.5 Å². The lowest BCUT2D eigenvalue weighted by Crippen LogP contribution is -2.37. The number of para-hydroxylation sites is 1. The fourth-order valence-electron chi connectivity index (χ4n) is 2.03. The number of ether oxygens (including phenoxy) is 1. The summed E-state index contributed by atoms with van der Waals surface area (Å²) in [5.74, 6) is -2.52. The van der Waals surface area contributed by atoms with Crippen LogP contribution >= 0.6 is 27.5 Å². The highest BCUT2D eigenvalue weighted by Crippen LogP contribution is 2.20. The van der Waals surface area contributed by atoms with Gasteiger partial charge in [-0.25, -0.2) is 9.18 Å². The van der Waals surface area contributed by atoms with Gasteiger partial charge in [-0.1, -0.05) is 23.7 Å². The minimum Gasteiger partial charge on any atom is -0.452 e. The number of nitrogens with one attached hydrogen (secondary N) is 1. The maximum absolute atomic E-state index is 13.2. The second-order valence-corrected chi connectivity index (χ2v) is 6.74. The molecule has 0 heterocycles. The van der Waals surface area contributed by atoms with Crippen LogP contribution in [0.4, 0.5) is 10.1 Å². The van der Waals surface area contributed by atoms with Crippen LogP contribution in [0, 0.1) is 5.82 Å². The zero-order chi connectivity index (χ0) is 20.0. The van der Waals surface area contributed by atoms with Crippen molar-refractivity contribution in [2.45, 2.75) is 0 Å². The second kappa shape index (κ2) is 9.48. The van der Waals surface area contributed by atoms with Crippen molar-refractivity contribution in [3.63, 3.8) is 0 Å². The van der Waals surface area contributed by atoms with Crippen LogP contribution in [0.15, 0.2) is 46.9 Å². The summed E-state index contributed by atoms with van der Waals surface area (Å²) in [6.07, 6.45) is 0. The molecule has 1 N–H and O–H groups in total. The van der Waals surface area contributed by atoms with Crippen molar-refractivity contribution in [1.29, 1.82) is 0 Å². The number of halogens is 3. The molecule has 27 heavy (non-hydrogen) atoms. The molecule has 2 rings (SSSR count). The lowest BCUT2D eigenvalue weighted by Gasteiger charge is -2.17. The quantitative estimate of drug-likeness (QED) is 0.674. The minimum absolute atomic E-state index is 0.0399. The van der Waals surface area contributed by atoms with Gasteiger partial charge in [0.1, 0.15) is 5.82 Å². The Morgan fingerprint density at radius 2 is 1.93 bits per heavy atom. The number of hydrogen-bond acceptors (Lipinski definition) is 4. The van der Waals surface area contributed by atoms with Gasteiger partial charge in [0, 0.05) is 11.5 Å². The predicted octanol–water partition coefficient (Wildman–Crippen LogP) is 3.50. The molecule has 2 amide bonds. The molecule has 9 heteroatoms. The van der Waals surface area contributed by atoms with Crippen LogP contribution in [-0.2, 0) is 14.3 Å². The van der Waals surface area contributed by atoms with Crippen molar-refractivity contribution in [1.82, 2.24) is 4.90 Å². The first-order chi connectivity index (χ1) is 12.8. The molecule has 0 saturated heterocycles. The number of rotatable bonds is 6. The highest BCUT2D eigenvalue weighted by molar-refractivity contribution is 9.10. The van der Waals surface area contributed by atoms with E-state index in [1.807, 2.05) is 0 Å². The van der Waals surface area contributed by atoms with Gasteiger partial charge in [-0.05, 0) is 46.3 Å². The Kier molecular flexibility index (Phi) is 7.32. The molecule has 2 aromatic carbocycles. The topological polar surface area (TPSA) is 75.7 Å². The molecular formula is C18H15BrClFN2O4. The number of carbonyl (C=O) groups excluding carboxylic acids is 3. The van der Waals surface area contributed by atoms with Crippen LogP contribution in [0.5, 0.6) is 0 Å². The first kappa shape index (κ1) is 20.9. The summed E-state index contributed by atoms with van der Waals surface area (Å²) in [5.41, 5.74) is 0.384. The van der Waals surface area contributed by atoms with E-state index in [0.717, 1.165) is 11.0 Å². The molecule has 0 saturated carbocycles. The largest absolute Gasteiger partial charge is 0.452 e. The predicted molar refractivity (Wildman–Crippen MR) is 102 cm³/mol. The molecule has 0 aliphatic carbocycles. The summed E-state index contributed by atoms with van der Waals surface area (Å²) in [4.78, 5) is 37.1. The number of esters is 1. The molecule has 0 aromatic heterocycles. The molecule has 0 radical (unpaired) electrons. The van der Waals surface area contributed by atoms with E-state index >= 15 is 0 Å². The third-order valence-electron chi connectivity index (χ3n) is 3.43. The SMILES string of the molecule is CN(CC(=O)Nc1ccccc1Cl)C(=O)COC(=O)c1cc(F)ccc1Br. The van der Waals surface area contributed by atoms with Crippen LogP contribution in [-0.4, -0.2) is 42.9 Å². The average molecular weight is 458 g/mol. The summed E-state index contributed by atoms with van der Waals surface area (Å²) < 4.78 is 18.5. The summed E-state index contributed by atoms with van der Waals surface area (Å²) in [6, 6.07) is 10.2. The Hall–Kier alpha value is -2.45. The molecule has 0 aliphatic rings. The number of hydrogen-bond donors (Lipinski definition) is 1. The Labute approximate surface area is 168 Å². The number of amides is 2. The number of anilines is 1. The summed E-state index contributed by atoms with van der Waals surface area (Å²) in [7, 11) is 1.39. The van der Waals surface area contributed by atoms with Gasteiger partial charge in [0.05, 0.1) is 22.8 Å². The molecule has 6 nitrogen and oxygen atoms in total. The third kappa shape index (κ3) is 6.04. The summed E-state index contributed by atoms with van der Waals surface area (Å²) in [6.45, 7) is -0.844. The first-order valence-electron chi connectivity index (χ1n) is 7.68. The minimum atomic E-state index is -0.858. The van der Waals surface area contributed by atoms with Crippen molar-refractivity contribution in [3.8, 4) is 0 Å². The fourth-order valence-corrected chi connectivity index (χ4v) is 2.62. The summed E-state index contributed by atoms with van der Waals surface area (Å²) in [5, 5.41) is 2.95. The Balaban J connectivity index is 1.86. The molecule has 0 spiro atoms. The molecule has 2 aromatic rings. The number of carbonyl (C=O) groups is 3. The van der Waals surface area contributed by atoms with Gasteiger partial charge >= 0.3 is 5.97 Å². The van der Waals surface area contributed by atoms with Crippen LogP contribution in [0.2, 0.25) is 5.02 Å². The standard InChI is InChI=1S/C18H15BrClFN2O4/c1-23(9-16(24)22-15-5-3-2-4-14(15)20)17(25)10-27-18(26)12-8-11(21)6-7-13(12)19/h2-8H,9-10H2,1H3,(H,22,24). The van der Waals surface area contributed by atoms with Crippen LogP contribution in [0.25, 0.3) is 0 Å². The van der Waals surface area contributed by atoms with Crippen LogP contribution < -0.4 is 5.32 Å². The van der Waals surface area contributed by atoms with Crippen molar-refractivity contribution in [2.24, 2.45) is 0 Å². The van der Waals surface area contributed by atoms with Crippen molar-refractivity contribution in [3.05, 3.63) is 63.3 Å². The van der Waals surface area contributed by atoms with Gasteiger partial charge in [0.2, 0.25) is 5.91 Å². The number of nitrogens with zero attached hydrogens (tertiary/aromatic N) is 1. The molecular weight excluding hydrogens is 443 g/mol. The lowest BCUT2D eigenvalue weighted by molar-refractivity contribution is -0.136. The third-order valence-corrected chi connectivity index (χ3v) is 4.45. The number of likely N-dealkylation sites (N-methyl/N-ethyl adjacent to an activating group) is 1. The normalized spacial score (nSPS) is 10.2. The van der Waals surface area contributed by atoms with E-state index in [1.165, 1.54) is 19.2 Å². The van der Waals surface area contributed by atoms with E-state index in [2.05, 4.69) is 21.2 Å². The van der Waals surface area contributed by atoms with Crippen LogP contribution in [0.1, 0.15) is 10.4 Å². The maximum Gasteiger partial charge on any atom is 0.339 e. The van der Waals surface area contributed by atoms with Crippen LogP contribution in [0.3, 0.4) is 0 Å². The van der Waals surface area contributed by atoms with E-state index in [4.69, 9.17) is 16.3 Å². The van der Waals surface area contributed by atoms with Gasteiger partial charge in [0.25, 0.3) is 5.91 Å². The lowest BCUT2D eigenvalue weighted by atomic mass is 10.2. The zero-order valence-electron chi connectivity index (χ0n) is 14.2. The van der Waals surface area contributed by atoms with Crippen molar-refractivity contribution >= 4 is 51.0 Å². The zero-order valence-corrected chi connectivity index (χ0v) is 16.5.